The highest BCUT2D eigenvalue weighted by Crippen LogP contribution is 2.27. The molecule has 1 aromatic heterocycles. The van der Waals surface area contributed by atoms with Gasteiger partial charge in [0.25, 0.3) is 0 Å². The molecule has 1 heterocycles. The SMILES string of the molecule is CNCCCn1cc(S(=O)(=O)NC2CC(C)C2)cn1. The summed E-state index contributed by atoms with van der Waals surface area (Å²) in [6, 6.07) is 0.0904. The molecule has 0 aromatic carbocycles. The lowest BCUT2D eigenvalue weighted by molar-refractivity contribution is 0.270. The summed E-state index contributed by atoms with van der Waals surface area (Å²) in [5, 5.41) is 7.14. The van der Waals surface area contributed by atoms with Gasteiger partial charge in [0.15, 0.2) is 0 Å². The maximum Gasteiger partial charge on any atom is 0.243 e. The van der Waals surface area contributed by atoms with Crippen LogP contribution in [-0.2, 0) is 16.6 Å². The van der Waals surface area contributed by atoms with Crippen molar-refractivity contribution in [1.82, 2.24) is 19.8 Å². The molecule has 0 radical (unpaired) electrons. The van der Waals surface area contributed by atoms with E-state index in [1.165, 1.54) is 6.20 Å². The van der Waals surface area contributed by atoms with Crippen LogP contribution in [0, 0.1) is 5.92 Å². The molecule has 19 heavy (non-hydrogen) atoms. The van der Waals surface area contributed by atoms with Gasteiger partial charge < -0.3 is 5.32 Å². The lowest BCUT2D eigenvalue weighted by Gasteiger charge is -2.32. The molecule has 108 valence electrons. The average molecular weight is 286 g/mol. The van der Waals surface area contributed by atoms with Gasteiger partial charge in [-0.3, -0.25) is 4.68 Å². The third kappa shape index (κ3) is 3.77. The van der Waals surface area contributed by atoms with Crippen LogP contribution in [0.4, 0.5) is 0 Å². The molecule has 1 aliphatic rings. The minimum atomic E-state index is -3.40. The van der Waals surface area contributed by atoms with Crippen LogP contribution in [0.15, 0.2) is 17.3 Å². The molecular weight excluding hydrogens is 264 g/mol. The maximum absolute atomic E-state index is 12.1. The Morgan fingerprint density at radius 1 is 1.47 bits per heavy atom. The molecule has 2 N–H and O–H groups in total. The van der Waals surface area contributed by atoms with Crippen molar-refractivity contribution in [3.63, 3.8) is 0 Å². The summed E-state index contributed by atoms with van der Waals surface area (Å²) in [7, 11) is -1.51. The van der Waals surface area contributed by atoms with Crippen LogP contribution in [0.2, 0.25) is 0 Å². The first-order valence-electron chi connectivity index (χ1n) is 6.70. The maximum atomic E-state index is 12.1. The number of hydrogen-bond acceptors (Lipinski definition) is 4. The Bertz CT molecular complexity index is 506. The van der Waals surface area contributed by atoms with Crippen LogP contribution in [0.1, 0.15) is 26.2 Å². The molecule has 0 amide bonds. The summed E-state index contributed by atoms with van der Waals surface area (Å²) in [4.78, 5) is 0.261. The first kappa shape index (κ1) is 14.5. The summed E-state index contributed by atoms with van der Waals surface area (Å²) in [5.41, 5.74) is 0. The van der Waals surface area contributed by atoms with Crippen molar-refractivity contribution in [2.24, 2.45) is 5.92 Å². The Morgan fingerprint density at radius 3 is 2.84 bits per heavy atom. The molecule has 1 fully saturated rings. The zero-order chi connectivity index (χ0) is 13.9. The fourth-order valence-corrected chi connectivity index (χ4v) is 3.52. The van der Waals surface area contributed by atoms with Gasteiger partial charge >= 0.3 is 0 Å². The second-order valence-electron chi connectivity index (χ2n) is 5.29. The fourth-order valence-electron chi connectivity index (χ4n) is 2.31. The molecule has 0 spiro atoms. The van der Waals surface area contributed by atoms with E-state index in [2.05, 4.69) is 22.1 Å². The van der Waals surface area contributed by atoms with E-state index in [9.17, 15) is 8.42 Å². The van der Waals surface area contributed by atoms with Crippen molar-refractivity contribution in [2.45, 2.75) is 43.7 Å². The zero-order valence-electron chi connectivity index (χ0n) is 11.5. The molecule has 7 heteroatoms. The first-order valence-corrected chi connectivity index (χ1v) is 8.19. The molecule has 6 nitrogen and oxygen atoms in total. The largest absolute Gasteiger partial charge is 0.320 e. The van der Waals surface area contributed by atoms with E-state index in [1.807, 2.05) is 7.05 Å². The van der Waals surface area contributed by atoms with Gasteiger partial charge in [-0.1, -0.05) is 6.92 Å². The summed E-state index contributed by atoms with van der Waals surface area (Å²) >= 11 is 0. The molecular formula is C12H22N4O2S. The molecule has 0 aliphatic heterocycles. The quantitative estimate of drug-likeness (QED) is 0.719. The number of nitrogens with zero attached hydrogens (tertiary/aromatic N) is 2. The fraction of sp³-hybridized carbons (Fsp3) is 0.750. The smallest absolute Gasteiger partial charge is 0.243 e. The van der Waals surface area contributed by atoms with E-state index in [-0.39, 0.29) is 10.9 Å². The predicted molar refractivity (Wildman–Crippen MR) is 73.3 cm³/mol. The van der Waals surface area contributed by atoms with Gasteiger partial charge in [0.1, 0.15) is 4.90 Å². The number of hydrogen-bond donors (Lipinski definition) is 2. The topological polar surface area (TPSA) is 76.0 Å². The minimum absolute atomic E-state index is 0.0904. The normalized spacial score (nSPS) is 23.3. The molecule has 0 atom stereocenters. The van der Waals surface area contributed by atoms with Gasteiger partial charge in [0.2, 0.25) is 10.0 Å². The van der Waals surface area contributed by atoms with E-state index in [1.54, 1.807) is 10.9 Å². The molecule has 1 aromatic rings. The van der Waals surface area contributed by atoms with Crippen molar-refractivity contribution in [3.05, 3.63) is 12.4 Å². The Balaban J connectivity index is 1.92. The number of sulfonamides is 1. The van der Waals surface area contributed by atoms with Gasteiger partial charge in [-0.15, -0.1) is 0 Å². The van der Waals surface area contributed by atoms with Gasteiger partial charge in [-0.05, 0) is 38.8 Å². The summed E-state index contributed by atoms with van der Waals surface area (Å²) in [6.45, 7) is 3.74. The molecule has 1 saturated carbocycles. The Hall–Kier alpha value is -0.920. The number of rotatable bonds is 7. The van der Waals surface area contributed by atoms with Crippen molar-refractivity contribution in [1.29, 1.82) is 0 Å². The third-order valence-electron chi connectivity index (χ3n) is 3.43. The predicted octanol–water partition coefficient (Wildman–Crippen LogP) is 0.569. The van der Waals surface area contributed by atoms with E-state index < -0.39 is 10.0 Å². The monoisotopic (exact) mass is 286 g/mol. The van der Waals surface area contributed by atoms with Gasteiger partial charge in [0.05, 0.1) is 6.20 Å². The van der Waals surface area contributed by atoms with Gasteiger partial charge in [-0.25, -0.2) is 13.1 Å². The lowest BCUT2D eigenvalue weighted by atomic mass is 9.83. The van der Waals surface area contributed by atoms with Crippen molar-refractivity contribution < 1.29 is 8.42 Å². The van der Waals surface area contributed by atoms with Gasteiger partial charge in [0, 0.05) is 18.8 Å². The van der Waals surface area contributed by atoms with Gasteiger partial charge in [-0.2, -0.15) is 5.10 Å². The van der Waals surface area contributed by atoms with E-state index in [0.29, 0.717) is 5.92 Å². The third-order valence-corrected chi connectivity index (χ3v) is 4.90. The Labute approximate surface area is 114 Å². The zero-order valence-corrected chi connectivity index (χ0v) is 12.3. The molecule has 1 aliphatic carbocycles. The van der Waals surface area contributed by atoms with Crippen LogP contribution in [0.25, 0.3) is 0 Å². The first-order chi connectivity index (χ1) is 9.01. The highest BCUT2D eigenvalue weighted by atomic mass is 32.2. The van der Waals surface area contributed by atoms with Crippen LogP contribution >= 0.6 is 0 Å². The second kappa shape index (κ2) is 6.02. The van der Waals surface area contributed by atoms with Crippen LogP contribution < -0.4 is 10.0 Å². The van der Waals surface area contributed by atoms with Crippen molar-refractivity contribution in [2.75, 3.05) is 13.6 Å². The second-order valence-corrected chi connectivity index (χ2v) is 7.00. The van der Waals surface area contributed by atoms with E-state index in [4.69, 9.17) is 0 Å². The van der Waals surface area contributed by atoms with E-state index in [0.717, 1.165) is 32.4 Å². The van der Waals surface area contributed by atoms with Crippen LogP contribution in [0.5, 0.6) is 0 Å². The highest BCUT2D eigenvalue weighted by Gasteiger charge is 2.30. The van der Waals surface area contributed by atoms with E-state index >= 15 is 0 Å². The van der Waals surface area contributed by atoms with Crippen LogP contribution in [-0.4, -0.2) is 37.8 Å². The Kier molecular flexibility index (Phi) is 4.59. The standard InChI is InChI=1S/C12H22N4O2S/c1-10-6-11(7-10)15-19(17,18)12-8-14-16(9-12)5-3-4-13-2/h8-11,13,15H,3-7H2,1-2H3. The van der Waals surface area contributed by atoms with Crippen molar-refractivity contribution in [3.8, 4) is 0 Å². The highest BCUT2D eigenvalue weighted by molar-refractivity contribution is 7.89. The lowest BCUT2D eigenvalue weighted by Crippen LogP contribution is -2.43. The Morgan fingerprint density at radius 2 is 2.21 bits per heavy atom. The summed E-state index contributed by atoms with van der Waals surface area (Å²) in [6.07, 6.45) is 5.79. The summed E-state index contributed by atoms with van der Waals surface area (Å²) in [5.74, 6) is 0.622. The number of aromatic nitrogens is 2. The number of nitrogens with one attached hydrogen (secondary N) is 2. The number of aryl methyl sites for hydroxylation is 1. The minimum Gasteiger partial charge on any atom is -0.320 e. The molecule has 0 unspecified atom stereocenters. The molecule has 2 rings (SSSR count). The average Bonchev–Trinajstić information content (AvgIpc) is 2.77. The van der Waals surface area contributed by atoms with Crippen molar-refractivity contribution >= 4 is 10.0 Å². The molecule has 0 saturated heterocycles. The molecule has 0 bridgehead atoms. The van der Waals surface area contributed by atoms with Crippen LogP contribution in [0.3, 0.4) is 0 Å². The summed E-state index contributed by atoms with van der Waals surface area (Å²) < 4.78 is 28.6.